The predicted octanol–water partition coefficient (Wildman–Crippen LogP) is 3.78. The van der Waals surface area contributed by atoms with E-state index in [1.165, 1.54) is 24.2 Å². The van der Waals surface area contributed by atoms with E-state index in [2.05, 4.69) is 20.3 Å². The minimum absolute atomic E-state index is 0.0978. The minimum atomic E-state index is -0.0978. The molecule has 1 aliphatic rings. The van der Waals surface area contributed by atoms with Crippen molar-refractivity contribution in [3.05, 3.63) is 51.9 Å². The average molecular weight is 356 g/mol. The van der Waals surface area contributed by atoms with Crippen molar-refractivity contribution >= 4 is 28.6 Å². The second-order valence-electron chi connectivity index (χ2n) is 5.80. The zero-order valence-corrected chi connectivity index (χ0v) is 14.8. The van der Waals surface area contributed by atoms with Crippen LogP contribution >= 0.6 is 22.7 Å². The number of hydrogen-bond acceptors (Lipinski definition) is 6. The lowest BCUT2D eigenvalue weighted by Crippen LogP contribution is -2.23. The van der Waals surface area contributed by atoms with Crippen molar-refractivity contribution in [2.24, 2.45) is 0 Å². The largest absolute Gasteiger partial charge is 0.346 e. The van der Waals surface area contributed by atoms with Crippen LogP contribution in [-0.4, -0.2) is 20.9 Å². The lowest BCUT2D eigenvalue weighted by atomic mass is 10.2. The van der Waals surface area contributed by atoms with Crippen LogP contribution in [0.15, 0.2) is 29.9 Å². The van der Waals surface area contributed by atoms with Crippen molar-refractivity contribution < 1.29 is 4.79 Å². The zero-order valence-electron chi connectivity index (χ0n) is 13.2. The highest BCUT2D eigenvalue weighted by molar-refractivity contribution is 7.22. The van der Waals surface area contributed by atoms with Gasteiger partial charge in [0.2, 0.25) is 0 Å². The molecule has 3 heterocycles. The third-order valence-electron chi connectivity index (χ3n) is 3.91. The Morgan fingerprint density at radius 3 is 3.00 bits per heavy atom. The van der Waals surface area contributed by atoms with Crippen LogP contribution in [-0.2, 0) is 6.54 Å². The summed E-state index contributed by atoms with van der Waals surface area (Å²) in [7, 11) is 0. The molecule has 4 rings (SSSR count). The summed E-state index contributed by atoms with van der Waals surface area (Å²) in [5.41, 5.74) is 2.70. The number of carbonyl (C=O) groups is 1. The summed E-state index contributed by atoms with van der Waals surface area (Å²) < 4.78 is 0. The number of nitrogens with zero attached hydrogens (tertiary/aromatic N) is 3. The molecule has 24 heavy (non-hydrogen) atoms. The van der Waals surface area contributed by atoms with E-state index in [0.717, 1.165) is 27.0 Å². The maximum Gasteiger partial charge on any atom is 0.263 e. The molecule has 7 heteroatoms. The van der Waals surface area contributed by atoms with Crippen LogP contribution < -0.4 is 5.32 Å². The van der Waals surface area contributed by atoms with E-state index < -0.39 is 0 Å². The van der Waals surface area contributed by atoms with Crippen molar-refractivity contribution in [2.45, 2.75) is 32.2 Å². The summed E-state index contributed by atoms with van der Waals surface area (Å²) in [6, 6.07) is 6.00. The van der Waals surface area contributed by atoms with Crippen LogP contribution in [0.1, 0.15) is 45.5 Å². The van der Waals surface area contributed by atoms with Gasteiger partial charge in [-0.05, 0) is 37.3 Å². The molecule has 0 aliphatic heterocycles. The first kappa shape index (κ1) is 15.4. The molecule has 0 bridgehead atoms. The molecule has 122 valence electrons. The molecule has 0 saturated heterocycles. The summed E-state index contributed by atoms with van der Waals surface area (Å²) in [5.74, 6) is 0.485. The maximum absolute atomic E-state index is 12.5. The first-order valence-corrected chi connectivity index (χ1v) is 9.50. The van der Waals surface area contributed by atoms with Crippen LogP contribution in [0.25, 0.3) is 9.88 Å². The quantitative estimate of drug-likeness (QED) is 0.755. The van der Waals surface area contributed by atoms with E-state index >= 15 is 0 Å². The third kappa shape index (κ3) is 3.22. The van der Waals surface area contributed by atoms with Crippen LogP contribution in [0.3, 0.4) is 0 Å². The molecular formula is C17H16N4OS2. The molecule has 0 spiro atoms. The van der Waals surface area contributed by atoms with Gasteiger partial charge in [-0.1, -0.05) is 6.07 Å². The summed E-state index contributed by atoms with van der Waals surface area (Å²) in [6.45, 7) is 2.28. The van der Waals surface area contributed by atoms with Gasteiger partial charge in [-0.3, -0.25) is 4.79 Å². The smallest absolute Gasteiger partial charge is 0.263 e. The molecule has 1 fully saturated rings. The third-order valence-corrected chi connectivity index (χ3v) is 6.10. The molecule has 5 nitrogen and oxygen atoms in total. The molecule has 3 aromatic rings. The molecule has 1 amide bonds. The summed E-state index contributed by atoms with van der Waals surface area (Å²) in [6.07, 6.45) is 3.99. The maximum atomic E-state index is 12.5. The normalized spacial score (nSPS) is 13.9. The molecule has 3 aromatic heterocycles. The highest BCUT2D eigenvalue weighted by Gasteiger charge is 2.25. The molecule has 1 aliphatic carbocycles. The molecule has 1 saturated carbocycles. The Balaban J connectivity index is 1.45. The molecule has 0 unspecified atom stereocenters. The van der Waals surface area contributed by atoms with Crippen molar-refractivity contribution in [1.29, 1.82) is 0 Å². The Hall–Kier alpha value is -2.12. The van der Waals surface area contributed by atoms with Crippen molar-refractivity contribution in [3.8, 4) is 9.88 Å². The second-order valence-corrected chi connectivity index (χ2v) is 7.75. The van der Waals surface area contributed by atoms with E-state index in [9.17, 15) is 4.79 Å². The van der Waals surface area contributed by atoms with E-state index in [1.807, 2.05) is 30.5 Å². The highest BCUT2D eigenvalue weighted by atomic mass is 32.1. The number of carbonyl (C=O) groups excluding carboxylic acids is 1. The van der Waals surface area contributed by atoms with Gasteiger partial charge in [-0.2, -0.15) is 0 Å². The van der Waals surface area contributed by atoms with Crippen LogP contribution in [0.2, 0.25) is 0 Å². The van der Waals surface area contributed by atoms with E-state index in [1.54, 1.807) is 17.7 Å². The number of thiophene rings is 1. The van der Waals surface area contributed by atoms with Gasteiger partial charge < -0.3 is 5.32 Å². The standard InChI is InChI=1S/C17H16N4OS2/c1-10-15(24-17(21-10)14-3-2-6-23-14)16(22)18-8-12-7-13(11-4-5-11)20-9-19-12/h2-3,6-7,9,11H,4-5,8H2,1H3,(H,18,22). The van der Waals surface area contributed by atoms with Gasteiger partial charge in [-0.15, -0.1) is 22.7 Å². The number of aromatic nitrogens is 3. The summed E-state index contributed by atoms with van der Waals surface area (Å²) in [5, 5.41) is 5.85. The number of amides is 1. The van der Waals surface area contributed by atoms with Crippen LogP contribution in [0, 0.1) is 6.92 Å². The van der Waals surface area contributed by atoms with E-state index in [4.69, 9.17) is 0 Å². The fourth-order valence-corrected chi connectivity index (χ4v) is 4.26. The van der Waals surface area contributed by atoms with Gasteiger partial charge in [0.05, 0.1) is 22.8 Å². The Kier molecular flexibility index (Phi) is 4.12. The topological polar surface area (TPSA) is 67.8 Å². The number of thiazole rings is 1. The van der Waals surface area contributed by atoms with Gasteiger partial charge in [0.25, 0.3) is 5.91 Å². The molecule has 1 N–H and O–H groups in total. The Bertz CT molecular complexity index is 869. The molecular weight excluding hydrogens is 340 g/mol. The minimum Gasteiger partial charge on any atom is -0.346 e. The zero-order chi connectivity index (χ0) is 16.5. The van der Waals surface area contributed by atoms with Gasteiger partial charge in [-0.25, -0.2) is 15.0 Å². The highest BCUT2D eigenvalue weighted by Crippen LogP contribution is 2.38. The summed E-state index contributed by atoms with van der Waals surface area (Å²) >= 11 is 3.06. The first-order valence-electron chi connectivity index (χ1n) is 7.81. The summed E-state index contributed by atoms with van der Waals surface area (Å²) in [4.78, 5) is 27.3. The van der Waals surface area contributed by atoms with Gasteiger partial charge in [0.1, 0.15) is 16.2 Å². The molecule has 0 atom stereocenters. The van der Waals surface area contributed by atoms with Crippen molar-refractivity contribution in [2.75, 3.05) is 0 Å². The van der Waals surface area contributed by atoms with Crippen LogP contribution in [0.4, 0.5) is 0 Å². The fourth-order valence-electron chi connectivity index (χ4n) is 2.48. The average Bonchev–Trinajstić information content (AvgIpc) is 3.16. The van der Waals surface area contributed by atoms with Gasteiger partial charge in [0, 0.05) is 11.6 Å². The van der Waals surface area contributed by atoms with E-state index in [-0.39, 0.29) is 5.91 Å². The van der Waals surface area contributed by atoms with Crippen molar-refractivity contribution in [3.63, 3.8) is 0 Å². The Morgan fingerprint density at radius 2 is 2.25 bits per heavy atom. The number of nitrogens with one attached hydrogen (secondary N) is 1. The van der Waals surface area contributed by atoms with Crippen LogP contribution in [0.5, 0.6) is 0 Å². The van der Waals surface area contributed by atoms with E-state index in [0.29, 0.717) is 17.3 Å². The first-order chi connectivity index (χ1) is 11.7. The number of hydrogen-bond donors (Lipinski definition) is 1. The predicted molar refractivity (Wildman–Crippen MR) is 95.3 cm³/mol. The number of rotatable bonds is 5. The monoisotopic (exact) mass is 356 g/mol. The Labute approximate surface area is 147 Å². The van der Waals surface area contributed by atoms with Crippen molar-refractivity contribution in [1.82, 2.24) is 20.3 Å². The lowest BCUT2D eigenvalue weighted by molar-refractivity contribution is 0.0953. The fraction of sp³-hybridized carbons (Fsp3) is 0.294. The lowest BCUT2D eigenvalue weighted by Gasteiger charge is -2.05. The second kappa shape index (κ2) is 6.41. The molecule has 0 radical (unpaired) electrons. The molecule has 0 aromatic carbocycles. The van der Waals surface area contributed by atoms with Gasteiger partial charge >= 0.3 is 0 Å². The SMILES string of the molecule is Cc1nc(-c2cccs2)sc1C(=O)NCc1cc(C2CC2)ncn1. The van der Waals surface area contributed by atoms with Gasteiger partial charge in [0.15, 0.2) is 0 Å². The Morgan fingerprint density at radius 1 is 1.38 bits per heavy atom. The number of aryl methyl sites for hydroxylation is 1.